The van der Waals surface area contributed by atoms with Crippen LogP contribution in [0.25, 0.3) is 0 Å². The predicted octanol–water partition coefficient (Wildman–Crippen LogP) is 0.951. The Kier molecular flexibility index (Phi) is 7.96. The molecule has 0 saturated heterocycles. The van der Waals surface area contributed by atoms with Crippen molar-refractivity contribution >= 4 is 0 Å². The van der Waals surface area contributed by atoms with Crippen LogP contribution in [-0.4, -0.2) is 48.3 Å². The van der Waals surface area contributed by atoms with Gasteiger partial charge in [-0.05, 0) is 20.3 Å². The molecule has 0 aliphatic rings. The summed E-state index contributed by atoms with van der Waals surface area (Å²) >= 11 is 0. The van der Waals surface area contributed by atoms with Crippen molar-refractivity contribution < 1.29 is 19.7 Å². The number of aliphatic hydroxyl groups is 2. The maximum atomic E-state index is 9.19. The summed E-state index contributed by atoms with van der Waals surface area (Å²) in [4.78, 5) is 0. The molecular formula is C11H24O4. The van der Waals surface area contributed by atoms with Crippen LogP contribution < -0.4 is 0 Å². The highest BCUT2D eigenvalue weighted by Gasteiger charge is 2.30. The molecule has 0 aromatic heterocycles. The average molecular weight is 220 g/mol. The fourth-order valence-electron chi connectivity index (χ4n) is 1.24. The first-order chi connectivity index (χ1) is 7.08. The van der Waals surface area contributed by atoms with Gasteiger partial charge in [0, 0.05) is 6.61 Å². The van der Waals surface area contributed by atoms with Crippen LogP contribution in [0.1, 0.15) is 33.6 Å². The zero-order valence-electron chi connectivity index (χ0n) is 10.0. The fraction of sp³-hybridized carbons (Fsp3) is 1.00. The molecule has 0 fully saturated rings. The lowest BCUT2D eigenvalue weighted by atomic mass is 10.0. The molecule has 0 rings (SSSR count). The molecule has 0 spiro atoms. The van der Waals surface area contributed by atoms with E-state index in [1.165, 1.54) is 0 Å². The third kappa shape index (κ3) is 6.10. The van der Waals surface area contributed by atoms with Crippen LogP contribution in [0.4, 0.5) is 0 Å². The lowest BCUT2D eigenvalue weighted by molar-refractivity contribution is -0.146. The molecule has 0 saturated carbocycles. The number of hydrogen-bond donors (Lipinski definition) is 2. The summed E-state index contributed by atoms with van der Waals surface area (Å²) in [5.41, 5.74) is -0.564. The Morgan fingerprint density at radius 1 is 1.20 bits per heavy atom. The monoisotopic (exact) mass is 220 g/mol. The van der Waals surface area contributed by atoms with E-state index in [4.69, 9.17) is 14.6 Å². The topological polar surface area (TPSA) is 58.9 Å². The van der Waals surface area contributed by atoms with E-state index in [0.29, 0.717) is 6.61 Å². The summed E-state index contributed by atoms with van der Waals surface area (Å²) in [7, 11) is 0. The second-order valence-electron chi connectivity index (χ2n) is 4.07. The Balaban J connectivity index is 3.99. The van der Waals surface area contributed by atoms with Crippen molar-refractivity contribution in [1.82, 2.24) is 0 Å². The molecule has 0 aliphatic carbocycles. The molecule has 0 radical (unpaired) electrons. The second kappa shape index (κ2) is 8.05. The zero-order valence-corrected chi connectivity index (χ0v) is 10.0. The Morgan fingerprint density at radius 3 is 2.33 bits per heavy atom. The highest BCUT2D eigenvalue weighted by atomic mass is 16.6. The first-order valence-electron chi connectivity index (χ1n) is 5.55. The van der Waals surface area contributed by atoms with Gasteiger partial charge in [-0.3, -0.25) is 0 Å². The van der Waals surface area contributed by atoms with Gasteiger partial charge >= 0.3 is 0 Å². The molecule has 15 heavy (non-hydrogen) atoms. The average Bonchev–Trinajstić information content (AvgIpc) is 2.21. The lowest BCUT2D eigenvalue weighted by Crippen LogP contribution is -2.44. The summed E-state index contributed by atoms with van der Waals surface area (Å²) in [6.45, 7) is 6.61. The van der Waals surface area contributed by atoms with Crippen molar-refractivity contribution in [2.75, 3.05) is 26.4 Å². The van der Waals surface area contributed by atoms with Crippen LogP contribution in [0.2, 0.25) is 0 Å². The molecule has 4 heteroatoms. The first-order valence-corrected chi connectivity index (χ1v) is 5.55. The van der Waals surface area contributed by atoms with E-state index in [1.807, 2.05) is 13.8 Å². The molecule has 0 heterocycles. The van der Waals surface area contributed by atoms with Crippen LogP contribution in [0.15, 0.2) is 0 Å². The van der Waals surface area contributed by atoms with Gasteiger partial charge < -0.3 is 19.7 Å². The van der Waals surface area contributed by atoms with E-state index in [0.717, 1.165) is 12.8 Å². The Bertz CT molecular complexity index is 148. The Labute approximate surface area is 92.2 Å². The highest BCUT2D eigenvalue weighted by Crippen LogP contribution is 2.18. The summed E-state index contributed by atoms with van der Waals surface area (Å²) in [6, 6.07) is 0. The van der Waals surface area contributed by atoms with E-state index >= 15 is 0 Å². The number of hydrogen-bond acceptors (Lipinski definition) is 4. The van der Waals surface area contributed by atoms with Gasteiger partial charge in [0.1, 0.15) is 6.10 Å². The second-order valence-corrected chi connectivity index (χ2v) is 4.07. The van der Waals surface area contributed by atoms with Gasteiger partial charge in [0.2, 0.25) is 0 Å². The minimum absolute atomic E-state index is 0.0173. The molecule has 0 aliphatic heterocycles. The van der Waals surface area contributed by atoms with Crippen molar-refractivity contribution in [2.24, 2.45) is 0 Å². The molecule has 0 bridgehead atoms. The summed E-state index contributed by atoms with van der Waals surface area (Å²) < 4.78 is 11.0. The molecule has 2 N–H and O–H groups in total. The normalized spacial score (nSPS) is 14.2. The van der Waals surface area contributed by atoms with Crippen molar-refractivity contribution in [3.05, 3.63) is 0 Å². The molecular weight excluding hydrogens is 196 g/mol. The highest BCUT2D eigenvalue weighted by molar-refractivity contribution is 4.80. The van der Waals surface area contributed by atoms with Crippen molar-refractivity contribution in [1.29, 1.82) is 0 Å². The number of unbranched alkanes of at least 4 members (excludes halogenated alkanes) is 1. The number of rotatable bonds is 9. The van der Waals surface area contributed by atoms with Gasteiger partial charge in [-0.2, -0.15) is 0 Å². The Hall–Kier alpha value is -0.160. The molecule has 0 aromatic rings. The van der Waals surface area contributed by atoms with Crippen molar-refractivity contribution in [2.45, 2.75) is 45.3 Å². The maximum absolute atomic E-state index is 9.19. The molecule has 0 aromatic carbocycles. The Morgan fingerprint density at radius 2 is 1.87 bits per heavy atom. The third-order valence-corrected chi connectivity index (χ3v) is 2.32. The van der Waals surface area contributed by atoms with Crippen molar-refractivity contribution in [3.8, 4) is 0 Å². The van der Waals surface area contributed by atoms with Gasteiger partial charge in [-0.1, -0.05) is 13.3 Å². The van der Waals surface area contributed by atoms with E-state index in [9.17, 15) is 5.11 Å². The zero-order chi connectivity index (χ0) is 11.7. The molecule has 1 atom stereocenters. The van der Waals surface area contributed by atoms with Crippen LogP contribution in [-0.2, 0) is 9.47 Å². The molecule has 4 nitrogen and oxygen atoms in total. The van der Waals surface area contributed by atoms with Gasteiger partial charge in [0.25, 0.3) is 0 Å². The smallest absolute Gasteiger partial charge is 0.109 e. The SMILES string of the molecule is CCCCOC(CO)C(C)(C)OCCO. The van der Waals surface area contributed by atoms with Gasteiger partial charge in [0.15, 0.2) is 0 Å². The van der Waals surface area contributed by atoms with E-state index in [1.54, 1.807) is 0 Å². The van der Waals surface area contributed by atoms with Crippen LogP contribution in [0, 0.1) is 0 Å². The standard InChI is InChI=1S/C11H24O4/c1-4-5-7-14-10(9-13)11(2,3)15-8-6-12/h10,12-13H,4-9H2,1-3H3. The van der Waals surface area contributed by atoms with Crippen LogP contribution in [0.5, 0.6) is 0 Å². The lowest BCUT2D eigenvalue weighted by Gasteiger charge is -2.33. The van der Waals surface area contributed by atoms with E-state index in [2.05, 4.69) is 6.92 Å². The number of ether oxygens (including phenoxy) is 2. The van der Waals surface area contributed by atoms with Crippen LogP contribution >= 0.6 is 0 Å². The van der Waals surface area contributed by atoms with Crippen molar-refractivity contribution in [3.63, 3.8) is 0 Å². The summed E-state index contributed by atoms with van der Waals surface area (Å²) in [5, 5.41) is 17.9. The quantitative estimate of drug-likeness (QED) is 0.568. The molecule has 0 amide bonds. The van der Waals surface area contributed by atoms with Crippen LogP contribution in [0.3, 0.4) is 0 Å². The predicted molar refractivity (Wildman–Crippen MR) is 58.9 cm³/mol. The van der Waals surface area contributed by atoms with E-state index in [-0.39, 0.29) is 25.9 Å². The summed E-state index contributed by atoms with van der Waals surface area (Å²) in [6.07, 6.45) is 1.71. The largest absolute Gasteiger partial charge is 0.394 e. The molecule has 1 unspecified atom stereocenters. The summed E-state index contributed by atoms with van der Waals surface area (Å²) in [5.74, 6) is 0. The van der Waals surface area contributed by atoms with Gasteiger partial charge in [-0.25, -0.2) is 0 Å². The number of aliphatic hydroxyl groups excluding tert-OH is 2. The third-order valence-electron chi connectivity index (χ3n) is 2.32. The fourth-order valence-corrected chi connectivity index (χ4v) is 1.24. The minimum Gasteiger partial charge on any atom is -0.394 e. The first kappa shape index (κ1) is 14.8. The maximum Gasteiger partial charge on any atom is 0.109 e. The minimum atomic E-state index is -0.564. The van der Waals surface area contributed by atoms with E-state index < -0.39 is 5.60 Å². The van der Waals surface area contributed by atoms with Gasteiger partial charge in [-0.15, -0.1) is 0 Å². The van der Waals surface area contributed by atoms with Gasteiger partial charge in [0.05, 0.1) is 25.4 Å². The molecule has 92 valence electrons.